The fourth-order valence-corrected chi connectivity index (χ4v) is 5.06. The first-order valence-electron chi connectivity index (χ1n) is 11.0. The van der Waals surface area contributed by atoms with Crippen molar-refractivity contribution >= 4 is 0 Å². The van der Waals surface area contributed by atoms with E-state index in [1.54, 1.807) is 7.11 Å². The van der Waals surface area contributed by atoms with Crippen molar-refractivity contribution < 1.29 is 14.2 Å². The maximum Gasteiger partial charge on any atom is 0.119 e. The second-order valence-corrected chi connectivity index (χ2v) is 9.58. The van der Waals surface area contributed by atoms with Crippen LogP contribution in [0.25, 0.3) is 0 Å². The van der Waals surface area contributed by atoms with Gasteiger partial charge in [-0.3, -0.25) is 0 Å². The lowest BCUT2D eigenvalue weighted by molar-refractivity contribution is 0.0000342. The maximum absolute atomic E-state index is 6.44. The molecule has 160 valence electrons. The van der Waals surface area contributed by atoms with Gasteiger partial charge in [0.1, 0.15) is 11.5 Å². The van der Waals surface area contributed by atoms with Gasteiger partial charge in [-0.05, 0) is 87.6 Å². The van der Waals surface area contributed by atoms with Gasteiger partial charge >= 0.3 is 0 Å². The lowest BCUT2D eigenvalue weighted by atomic mass is 9.86. The van der Waals surface area contributed by atoms with E-state index in [0.29, 0.717) is 29.8 Å². The molecule has 1 aromatic carbocycles. The first kappa shape index (κ1) is 22.0. The molecule has 0 amide bonds. The largest absolute Gasteiger partial charge is 0.497 e. The van der Waals surface area contributed by atoms with Crippen molar-refractivity contribution in [3.8, 4) is 11.5 Å². The zero-order valence-corrected chi connectivity index (χ0v) is 19.2. The van der Waals surface area contributed by atoms with Gasteiger partial charge in [0.25, 0.3) is 0 Å². The lowest BCUT2D eigenvalue weighted by Crippen LogP contribution is -2.34. The van der Waals surface area contributed by atoms with Crippen LogP contribution in [-0.2, 0) is 4.74 Å². The van der Waals surface area contributed by atoms with Gasteiger partial charge in [-0.25, -0.2) is 0 Å². The van der Waals surface area contributed by atoms with E-state index in [1.807, 2.05) is 24.3 Å². The van der Waals surface area contributed by atoms with E-state index in [9.17, 15) is 0 Å². The van der Waals surface area contributed by atoms with Crippen LogP contribution >= 0.6 is 0 Å². The summed E-state index contributed by atoms with van der Waals surface area (Å²) < 4.78 is 17.7. The Balaban J connectivity index is 1.65. The molecule has 3 nitrogen and oxygen atoms in total. The average molecular weight is 399 g/mol. The molecule has 29 heavy (non-hydrogen) atoms. The normalized spacial score (nSPS) is 28.9. The van der Waals surface area contributed by atoms with Crippen molar-refractivity contribution in [3.05, 3.63) is 47.1 Å². The third kappa shape index (κ3) is 4.71. The molecule has 0 unspecified atom stereocenters. The summed E-state index contributed by atoms with van der Waals surface area (Å²) in [7, 11) is 1.68. The van der Waals surface area contributed by atoms with Gasteiger partial charge in [-0.15, -0.1) is 0 Å². The number of hydrogen-bond acceptors (Lipinski definition) is 3. The van der Waals surface area contributed by atoms with Crippen LogP contribution in [0.15, 0.2) is 47.1 Å². The molecule has 1 heterocycles. The Kier molecular flexibility index (Phi) is 6.78. The van der Waals surface area contributed by atoms with Crippen LogP contribution in [0.3, 0.4) is 0 Å². The first-order valence-corrected chi connectivity index (χ1v) is 11.0. The van der Waals surface area contributed by atoms with E-state index >= 15 is 0 Å². The molecule has 1 aliphatic carbocycles. The number of ether oxygens (including phenoxy) is 3. The van der Waals surface area contributed by atoms with Crippen LogP contribution < -0.4 is 9.47 Å². The molecule has 0 spiro atoms. The minimum absolute atomic E-state index is 0.157. The second kappa shape index (κ2) is 8.95. The molecule has 5 atom stereocenters. The Morgan fingerprint density at radius 1 is 1.17 bits per heavy atom. The smallest absolute Gasteiger partial charge is 0.119 e. The molecule has 1 saturated heterocycles. The zero-order valence-electron chi connectivity index (χ0n) is 19.2. The minimum atomic E-state index is 0.157. The zero-order chi connectivity index (χ0) is 21.2. The minimum Gasteiger partial charge on any atom is -0.497 e. The molecule has 2 aliphatic rings. The van der Waals surface area contributed by atoms with Gasteiger partial charge in [-0.1, -0.05) is 31.1 Å². The number of methoxy groups -OCH3 is 1. The van der Waals surface area contributed by atoms with Crippen molar-refractivity contribution in [2.75, 3.05) is 20.3 Å². The molecule has 1 aliphatic heterocycles. The van der Waals surface area contributed by atoms with Crippen molar-refractivity contribution in [1.82, 2.24) is 0 Å². The SMILES string of the molecule is COc1ccc(OC[C@H](C)[C@H]2OC[C@@H]3[C@H](C2=C(C)C)[C@@]3(C)CCC=C(C)C)cc1. The van der Waals surface area contributed by atoms with Crippen molar-refractivity contribution in [3.63, 3.8) is 0 Å². The molecule has 1 saturated carbocycles. The number of rotatable bonds is 8. The van der Waals surface area contributed by atoms with Gasteiger partial charge < -0.3 is 14.2 Å². The van der Waals surface area contributed by atoms with Crippen LogP contribution in [-0.4, -0.2) is 26.4 Å². The molecule has 2 fully saturated rings. The monoisotopic (exact) mass is 398 g/mol. The van der Waals surface area contributed by atoms with E-state index in [4.69, 9.17) is 14.2 Å². The maximum atomic E-state index is 6.44. The third-order valence-corrected chi connectivity index (χ3v) is 6.85. The summed E-state index contributed by atoms with van der Waals surface area (Å²) in [6.07, 6.45) is 4.95. The summed E-state index contributed by atoms with van der Waals surface area (Å²) in [5.74, 6) is 3.37. The predicted molar refractivity (Wildman–Crippen MR) is 120 cm³/mol. The van der Waals surface area contributed by atoms with E-state index in [0.717, 1.165) is 18.1 Å². The quantitative estimate of drug-likeness (QED) is 0.471. The van der Waals surface area contributed by atoms with E-state index in [-0.39, 0.29) is 6.10 Å². The fraction of sp³-hybridized carbons (Fsp3) is 0.615. The van der Waals surface area contributed by atoms with Crippen molar-refractivity contribution in [2.45, 2.75) is 60.5 Å². The molecule has 0 bridgehead atoms. The van der Waals surface area contributed by atoms with Crippen LogP contribution in [0.1, 0.15) is 54.4 Å². The Morgan fingerprint density at radius 2 is 1.83 bits per heavy atom. The van der Waals surface area contributed by atoms with Gasteiger partial charge in [-0.2, -0.15) is 0 Å². The lowest BCUT2D eigenvalue weighted by Gasteiger charge is -2.32. The van der Waals surface area contributed by atoms with Crippen molar-refractivity contribution in [2.24, 2.45) is 23.2 Å². The topological polar surface area (TPSA) is 27.7 Å². The molecule has 0 aromatic heterocycles. The molecule has 1 aromatic rings. The summed E-state index contributed by atoms with van der Waals surface area (Å²) in [6, 6.07) is 7.80. The highest BCUT2D eigenvalue weighted by molar-refractivity contribution is 5.34. The van der Waals surface area contributed by atoms with Gasteiger partial charge in [0, 0.05) is 5.92 Å². The Morgan fingerprint density at radius 3 is 2.41 bits per heavy atom. The molecule has 0 N–H and O–H groups in total. The molecule has 0 radical (unpaired) electrons. The highest BCUT2D eigenvalue weighted by atomic mass is 16.5. The summed E-state index contributed by atoms with van der Waals surface area (Å²) in [5.41, 5.74) is 4.75. The molecule has 3 rings (SSSR count). The first-order chi connectivity index (χ1) is 13.8. The van der Waals surface area contributed by atoms with Crippen LogP contribution in [0.5, 0.6) is 11.5 Å². The summed E-state index contributed by atoms with van der Waals surface area (Å²) in [5, 5.41) is 0. The highest BCUT2D eigenvalue weighted by Gasteiger charge is 2.65. The summed E-state index contributed by atoms with van der Waals surface area (Å²) in [6.45, 7) is 15.1. The predicted octanol–water partition coefficient (Wildman–Crippen LogP) is 6.44. The van der Waals surface area contributed by atoms with E-state index in [2.05, 4.69) is 47.6 Å². The number of allylic oxidation sites excluding steroid dienone is 3. The van der Waals surface area contributed by atoms with E-state index < -0.39 is 0 Å². The second-order valence-electron chi connectivity index (χ2n) is 9.58. The third-order valence-electron chi connectivity index (χ3n) is 6.85. The standard InChI is InChI=1S/C26H38O3/c1-17(2)9-8-14-26(6)22-16-29-25(23(18(3)4)24(22)26)19(5)15-28-21-12-10-20(27-7)11-13-21/h9-13,19,22,24-25H,8,14-16H2,1-7H3/t19-,22+,24+,25+,26-/m0/s1. The molecular weight excluding hydrogens is 360 g/mol. The average Bonchev–Trinajstić information content (AvgIpc) is 3.29. The highest BCUT2D eigenvalue weighted by Crippen LogP contribution is 2.68. The van der Waals surface area contributed by atoms with Crippen molar-refractivity contribution in [1.29, 1.82) is 0 Å². The van der Waals surface area contributed by atoms with Crippen LogP contribution in [0.2, 0.25) is 0 Å². The number of hydrogen-bond donors (Lipinski definition) is 0. The number of benzene rings is 1. The fourth-order valence-electron chi connectivity index (χ4n) is 5.06. The Bertz CT molecular complexity index is 753. The summed E-state index contributed by atoms with van der Waals surface area (Å²) in [4.78, 5) is 0. The Labute approximate surface area is 177 Å². The van der Waals surface area contributed by atoms with Gasteiger partial charge in [0.05, 0.1) is 26.4 Å². The molecular formula is C26H38O3. The summed E-state index contributed by atoms with van der Waals surface area (Å²) >= 11 is 0. The Hall–Kier alpha value is -1.74. The van der Waals surface area contributed by atoms with Crippen LogP contribution in [0, 0.1) is 23.2 Å². The number of fused-ring (bicyclic) bond motifs is 1. The van der Waals surface area contributed by atoms with E-state index in [1.165, 1.54) is 29.6 Å². The van der Waals surface area contributed by atoms with Gasteiger partial charge in [0.2, 0.25) is 0 Å². The van der Waals surface area contributed by atoms with Gasteiger partial charge in [0.15, 0.2) is 0 Å². The van der Waals surface area contributed by atoms with Crippen LogP contribution in [0.4, 0.5) is 0 Å². The molecule has 3 heteroatoms.